The van der Waals surface area contributed by atoms with Gasteiger partial charge in [-0.15, -0.1) is 0 Å². The molecule has 1 aromatic carbocycles. The Kier molecular flexibility index (Phi) is 11.9. The van der Waals surface area contributed by atoms with Gasteiger partial charge in [-0.3, -0.25) is 30.0 Å². The molecule has 1 unspecified atom stereocenters. The quantitative estimate of drug-likeness (QED) is 0.283. The van der Waals surface area contributed by atoms with E-state index in [1.807, 2.05) is 70.2 Å². The highest BCUT2D eigenvalue weighted by atomic mass is 16.5. The summed E-state index contributed by atoms with van der Waals surface area (Å²) in [5.41, 5.74) is 5.57. The lowest BCUT2D eigenvalue weighted by Crippen LogP contribution is -2.55. The van der Waals surface area contributed by atoms with Crippen LogP contribution in [0.4, 0.5) is 0 Å². The first kappa shape index (κ1) is 28.5. The second-order valence-corrected chi connectivity index (χ2v) is 10.2. The zero-order valence-corrected chi connectivity index (χ0v) is 21.5. The predicted molar refractivity (Wildman–Crippen MR) is 137 cm³/mol. The van der Waals surface area contributed by atoms with Gasteiger partial charge in [0.15, 0.2) is 0 Å². The third-order valence-corrected chi connectivity index (χ3v) is 6.20. The van der Waals surface area contributed by atoms with E-state index in [0.717, 1.165) is 24.9 Å². The van der Waals surface area contributed by atoms with E-state index in [2.05, 4.69) is 10.7 Å². The van der Waals surface area contributed by atoms with E-state index in [-0.39, 0.29) is 36.0 Å². The van der Waals surface area contributed by atoms with Crippen LogP contribution in [0.5, 0.6) is 0 Å². The fourth-order valence-corrected chi connectivity index (χ4v) is 4.47. The van der Waals surface area contributed by atoms with Gasteiger partial charge >= 0.3 is 0 Å². The Labute approximate surface area is 209 Å². The highest BCUT2D eigenvalue weighted by molar-refractivity contribution is 5.89. The summed E-state index contributed by atoms with van der Waals surface area (Å²) < 4.78 is 0. The molecule has 0 radical (unpaired) electrons. The van der Waals surface area contributed by atoms with E-state index in [4.69, 9.17) is 0 Å². The number of hydrogen-bond donors (Lipinski definition) is 4. The van der Waals surface area contributed by atoms with Crippen LogP contribution in [0, 0.1) is 29.6 Å². The number of allylic oxidation sites excluding steroid dienone is 1. The Balaban J connectivity index is 2.23. The summed E-state index contributed by atoms with van der Waals surface area (Å²) in [4.78, 5) is 39.5. The molecule has 1 aromatic rings. The van der Waals surface area contributed by atoms with Crippen molar-refractivity contribution in [1.29, 1.82) is 0 Å². The summed E-state index contributed by atoms with van der Waals surface area (Å²) in [6.07, 6.45) is 6.16. The number of hydrogen-bond acceptors (Lipinski definition) is 5. The molecule has 2 rings (SSSR count). The van der Waals surface area contributed by atoms with Crippen molar-refractivity contribution in [2.45, 2.75) is 53.4 Å². The maximum Gasteiger partial charge on any atom is 0.247 e. The molecular formula is C27H42N4O4. The highest BCUT2D eigenvalue weighted by Gasteiger charge is 2.36. The second kappa shape index (κ2) is 14.6. The number of piperidine rings is 1. The fraction of sp³-hybridized carbons (Fsp3) is 0.593. The molecular weight excluding hydrogens is 444 g/mol. The van der Waals surface area contributed by atoms with Crippen LogP contribution in [0.15, 0.2) is 36.4 Å². The molecule has 0 spiro atoms. The third-order valence-electron chi connectivity index (χ3n) is 6.20. The van der Waals surface area contributed by atoms with Gasteiger partial charge in [-0.1, -0.05) is 70.2 Å². The first-order valence-electron chi connectivity index (χ1n) is 12.7. The van der Waals surface area contributed by atoms with Crippen molar-refractivity contribution in [2.75, 3.05) is 19.6 Å². The van der Waals surface area contributed by atoms with E-state index in [1.54, 1.807) is 5.48 Å². The molecule has 8 heteroatoms. The molecule has 1 aliphatic rings. The highest BCUT2D eigenvalue weighted by Crippen LogP contribution is 2.26. The van der Waals surface area contributed by atoms with Crippen LogP contribution >= 0.6 is 0 Å². The minimum atomic E-state index is -0.783. The molecule has 1 fully saturated rings. The molecule has 0 aromatic heterocycles. The number of benzene rings is 1. The Morgan fingerprint density at radius 1 is 1.09 bits per heavy atom. The van der Waals surface area contributed by atoms with Gasteiger partial charge in [-0.25, -0.2) is 5.48 Å². The minimum Gasteiger partial charge on any atom is -0.316 e. The van der Waals surface area contributed by atoms with Gasteiger partial charge in [0, 0.05) is 13.1 Å². The molecule has 35 heavy (non-hydrogen) atoms. The van der Waals surface area contributed by atoms with E-state index < -0.39 is 17.7 Å². The zero-order valence-electron chi connectivity index (χ0n) is 21.5. The first-order valence-corrected chi connectivity index (χ1v) is 12.7. The lowest BCUT2D eigenvalue weighted by atomic mass is 9.82. The van der Waals surface area contributed by atoms with Crippen molar-refractivity contribution in [3.63, 3.8) is 0 Å². The fourth-order valence-electron chi connectivity index (χ4n) is 4.47. The summed E-state index contributed by atoms with van der Waals surface area (Å²) in [6, 6.07) is 9.68. The summed E-state index contributed by atoms with van der Waals surface area (Å²) >= 11 is 0. The monoisotopic (exact) mass is 486 g/mol. The standard InChI is InChI=1S/C27H42N4O4/c1-19(2)16-24(23(26(33)30-35)14-8-12-21-10-6-5-7-11-21)25(32)29-31(18-20(3)4)27(34)22-13-9-15-28-17-22/h5-8,10-12,19-20,22-24,28,35H,9,13-18H2,1-4H3,(H,29,32)(H,30,33)/b12-8+/t22?,23-,24+/m0/s1. The van der Waals surface area contributed by atoms with Crippen molar-refractivity contribution in [3.05, 3.63) is 42.0 Å². The molecule has 1 aliphatic heterocycles. The topological polar surface area (TPSA) is 111 Å². The molecule has 0 bridgehead atoms. The Bertz CT molecular complexity index is 835. The number of carbonyl (C=O) groups excluding carboxylic acids is 3. The van der Waals surface area contributed by atoms with Crippen molar-refractivity contribution in [2.24, 2.45) is 29.6 Å². The van der Waals surface area contributed by atoms with Crippen LogP contribution in [0.3, 0.4) is 0 Å². The number of hydroxylamine groups is 1. The lowest BCUT2D eigenvalue weighted by Gasteiger charge is -2.33. The SMILES string of the molecule is CC(C)C[C@@H](C(=O)NN(CC(C)C)C(=O)C1CCCNC1)[C@H](C/C=C/c1ccccc1)C(=O)NO. The average Bonchev–Trinajstić information content (AvgIpc) is 2.85. The zero-order chi connectivity index (χ0) is 25.8. The molecule has 4 N–H and O–H groups in total. The molecule has 194 valence electrons. The van der Waals surface area contributed by atoms with Gasteiger partial charge in [0.1, 0.15) is 0 Å². The van der Waals surface area contributed by atoms with Crippen molar-refractivity contribution in [3.8, 4) is 0 Å². The van der Waals surface area contributed by atoms with E-state index in [1.165, 1.54) is 5.01 Å². The minimum absolute atomic E-state index is 0.102. The van der Waals surface area contributed by atoms with Crippen LogP contribution in [0.1, 0.15) is 58.9 Å². The van der Waals surface area contributed by atoms with Gasteiger partial charge in [0.25, 0.3) is 0 Å². The molecule has 3 atom stereocenters. The Morgan fingerprint density at radius 3 is 2.37 bits per heavy atom. The van der Waals surface area contributed by atoms with Crippen LogP contribution in [-0.2, 0) is 14.4 Å². The number of nitrogens with zero attached hydrogens (tertiary/aromatic N) is 1. The van der Waals surface area contributed by atoms with Gasteiger partial charge in [-0.05, 0) is 49.6 Å². The number of hydrazine groups is 1. The number of amides is 3. The summed E-state index contributed by atoms with van der Waals surface area (Å²) in [5, 5.41) is 14.1. The van der Waals surface area contributed by atoms with Crippen molar-refractivity contribution >= 4 is 23.8 Å². The van der Waals surface area contributed by atoms with Crippen LogP contribution in [0.25, 0.3) is 6.08 Å². The average molecular weight is 487 g/mol. The van der Waals surface area contributed by atoms with E-state index in [0.29, 0.717) is 19.5 Å². The second-order valence-electron chi connectivity index (χ2n) is 10.2. The van der Waals surface area contributed by atoms with Crippen LogP contribution in [-0.4, -0.2) is 47.6 Å². The first-order chi connectivity index (χ1) is 16.7. The maximum atomic E-state index is 13.5. The van der Waals surface area contributed by atoms with Crippen molar-refractivity contribution in [1.82, 2.24) is 21.2 Å². The summed E-state index contributed by atoms with van der Waals surface area (Å²) in [7, 11) is 0. The molecule has 0 saturated carbocycles. The summed E-state index contributed by atoms with van der Waals surface area (Å²) in [6.45, 7) is 9.84. The molecule has 3 amide bonds. The maximum absolute atomic E-state index is 13.5. The molecule has 1 saturated heterocycles. The number of carbonyl (C=O) groups is 3. The van der Waals surface area contributed by atoms with Crippen LogP contribution in [0.2, 0.25) is 0 Å². The number of nitrogens with one attached hydrogen (secondary N) is 3. The van der Waals surface area contributed by atoms with Gasteiger partial charge in [-0.2, -0.15) is 0 Å². The van der Waals surface area contributed by atoms with Gasteiger partial charge in [0.2, 0.25) is 17.7 Å². The smallest absolute Gasteiger partial charge is 0.247 e. The third kappa shape index (κ3) is 9.45. The van der Waals surface area contributed by atoms with E-state index >= 15 is 0 Å². The predicted octanol–water partition coefficient (Wildman–Crippen LogP) is 3.39. The Hall–Kier alpha value is -2.71. The van der Waals surface area contributed by atoms with E-state index in [9.17, 15) is 19.6 Å². The van der Waals surface area contributed by atoms with Crippen molar-refractivity contribution < 1.29 is 19.6 Å². The van der Waals surface area contributed by atoms with Gasteiger partial charge < -0.3 is 5.32 Å². The number of rotatable bonds is 11. The normalized spacial score (nSPS) is 17.9. The largest absolute Gasteiger partial charge is 0.316 e. The summed E-state index contributed by atoms with van der Waals surface area (Å²) in [5.74, 6) is -2.48. The van der Waals surface area contributed by atoms with Crippen LogP contribution < -0.4 is 16.2 Å². The Morgan fingerprint density at radius 2 is 1.80 bits per heavy atom. The molecule has 0 aliphatic carbocycles. The molecule has 8 nitrogen and oxygen atoms in total. The van der Waals surface area contributed by atoms with Gasteiger partial charge in [0.05, 0.1) is 17.8 Å². The lowest BCUT2D eigenvalue weighted by molar-refractivity contribution is -0.150. The molecule has 1 heterocycles.